The summed E-state index contributed by atoms with van der Waals surface area (Å²) in [5.74, 6) is -0.276. The first-order chi connectivity index (χ1) is 8.75. The van der Waals surface area contributed by atoms with Crippen LogP contribution in [0.3, 0.4) is 0 Å². The van der Waals surface area contributed by atoms with E-state index in [0.29, 0.717) is 18.0 Å². The molecule has 1 aromatic carbocycles. The summed E-state index contributed by atoms with van der Waals surface area (Å²) in [6, 6.07) is 6.99. The van der Waals surface area contributed by atoms with E-state index in [1.165, 1.54) is 12.5 Å². The third-order valence-electron chi connectivity index (χ3n) is 3.32. The monoisotopic (exact) mass is 250 g/mol. The minimum Gasteiger partial charge on any atom is -0.352 e. The van der Waals surface area contributed by atoms with E-state index in [1.807, 2.05) is 0 Å². The van der Waals surface area contributed by atoms with E-state index in [-0.39, 0.29) is 18.3 Å². The van der Waals surface area contributed by atoms with Crippen molar-refractivity contribution in [2.24, 2.45) is 0 Å². The Kier molecular flexibility index (Phi) is 4.70. The van der Waals surface area contributed by atoms with Gasteiger partial charge in [0.25, 0.3) is 0 Å². The Morgan fingerprint density at radius 2 is 2.28 bits per heavy atom. The first kappa shape index (κ1) is 13.0. The summed E-state index contributed by atoms with van der Waals surface area (Å²) in [5, 5.41) is 6.11. The van der Waals surface area contributed by atoms with Crippen molar-refractivity contribution in [1.29, 1.82) is 0 Å². The van der Waals surface area contributed by atoms with Crippen LogP contribution in [0.2, 0.25) is 0 Å². The summed E-state index contributed by atoms with van der Waals surface area (Å²) < 4.78 is 13.3. The SMILES string of the molecule is O=C(CCC1CCCN1)NCc1ccccc1F. The van der Waals surface area contributed by atoms with Gasteiger partial charge in [0.2, 0.25) is 5.91 Å². The number of nitrogens with one attached hydrogen (secondary N) is 2. The molecule has 18 heavy (non-hydrogen) atoms. The zero-order valence-corrected chi connectivity index (χ0v) is 10.4. The number of benzene rings is 1. The van der Waals surface area contributed by atoms with Gasteiger partial charge in [0.15, 0.2) is 0 Å². The normalized spacial score (nSPS) is 18.8. The number of carbonyl (C=O) groups is 1. The van der Waals surface area contributed by atoms with Gasteiger partial charge in [0.05, 0.1) is 0 Å². The Bertz CT molecular complexity index is 403. The first-order valence-electron chi connectivity index (χ1n) is 6.49. The second-order valence-electron chi connectivity index (χ2n) is 4.70. The molecule has 1 amide bonds. The Balaban J connectivity index is 1.69. The van der Waals surface area contributed by atoms with E-state index in [2.05, 4.69) is 10.6 Å². The molecule has 1 aliphatic rings. The van der Waals surface area contributed by atoms with Crippen molar-refractivity contribution < 1.29 is 9.18 Å². The maximum Gasteiger partial charge on any atom is 0.220 e. The van der Waals surface area contributed by atoms with Crippen LogP contribution in [-0.4, -0.2) is 18.5 Å². The largest absolute Gasteiger partial charge is 0.352 e. The molecule has 2 N–H and O–H groups in total. The summed E-state index contributed by atoms with van der Waals surface area (Å²) in [6.07, 6.45) is 3.72. The molecule has 98 valence electrons. The molecule has 0 aromatic heterocycles. The lowest BCUT2D eigenvalue weighted by molar-refractivity contribution is -0.121. The molecule has 0 saturated carbocycles. The van der Waals surface area contributed by atoms with Crippen molar-refractivity contribution in [1.82, 2.24) is 10.6 Å². The van der Waals surface area contributed by atoms with Crippen LogP contribution >= 0.6 is 0 Å². The standard InChI is InChI=1S/C14H19FN2O/c15-13-6-2-1-4-11(13)10-17-14(18)8-7-12-5-3-9-16-12/h1-2,4,6,12,16H,3,5,7-10H2,(H,17,18). The second kappa shape index (κ2) is 6.50. The molecule has 0 radical (unpaired) electrons. The number of hydrogen-bond donors (Lipinski definition) is 2. The first-order valence-corrected chi connectivity index (χ1v) is 6.49. The fourth-order valence-corrected chi connectivity index (χ4v) is 2.23. The van der Waals surface area contributed by atoms with Crippen LogP contribution in [0, 0.1) is 5.82 Å². The molecule has 1 saturated heterocycles. The van der Waals surface area contributed by atoms with Gasteiger partial charge in [-0.3, -0.25) is 4.79 Å². The van der Waals surface area contributed by atoms with Crippen molar-refractivity contribution in [3.8, 4) is 0 Å². The molecule has 1 unspecified atom stereocenters. The Morgan fingerprint density at radius 1 is 1.44 bits per heavy atom. The Hall–Kier alpha value is -1.42. The van der Waals surface area contributed by atoms with Gasteiger partial charge in [-0.15, -0.1) is 0 Å². The predicted octanol–water partition coefficient (Wildman–Crippen LogP) is 1.97. The van der Waals surface area contributed by atoms with E-state index < -0.39 is 0 Å². The van der Waals surface area contributed by atoms with Crippen LogP contribution in [-0.2, 0) is 11.3 Å². The summed E-state index contributed by atoms with van der Waals surface area (Å²) in [4.78, 5) is 11.6. The lowest BCUT2D eigenvalue weighted by atomic mass is 10.1. The summed E-state index contributed by atoms with van der Waals surface area (Å²) in [5.41, 5.74) is 0.532. The lowest BCUT2D eigenvalue weighted by Crippen LogP contribution is -2.27. The van der Waals surface area contributed by atoms with E-state index >= 15 is 0 Å². The predicted molar refractivity (Wildman–Crippen MR) is 68.5 cm³/mol. The maximum absolute atomic E-state index is 13.3. The number of halogens is 1. The van der Waals surface area contributed by atoms with Gasteiger partial charge in [0.1, 0.15) is 5.82 Å². The Labute approximate surface area is 107 Å². The molecule has 2 rings (SSSR count). The molecule has 0 aliphatic carbocycles. The maximum atomic E-state index is 13.3. The summed E-state index contributed by atoms with van der Waals surface area (Å²) >= 11 is 0. The molecule has 1 heterocycles. The van der Waals surface area contributed by atoms with Gasteiger partial charge >= 0.3 is 0 Å². The third kappa shape index (κ3) is 3.81. The molecule has 1 fully saturated rings. The van der Waals surface area contributed by atoms with Crippen LogP contribution < -0.4 is 10.6 Å². The molecule has 1 aromatic rings. The zero-order valence-electron chi connectivity index (χ0n) is 10.4. The molecular formula is C14H19FN2O. The van der Waals surface area contributed by atoms with E-state index in [1.54, 1.807) is 18.2 Å². The highest BCUT2D eigenvalue weighted by atomic mass is 19.1. The molecule has 0 bridgehead atoms. The van der Waals surface area contributed by atoms with Gasteiger partial charge in [-0.25, -0.2) is 4.39 Å². The molecular weight excluding hydrogens is 231 g/mol. The van der Waals surface area contributed by atoms with Crippen LogP contribution in [0.1, 0.15) is 31.2 Å². The highest BCUT2D eigenvalue weighted by Crippen LogP contribution is 2.11. The van der Waals surface area contributed by atoms with Crippen molar-refractivity contribution in [3.63, 3.8) is 0 Å². The molecule has 3 nitrogen and oxygen atoms in total. The lowest BCUT2D eigenvalue weighted by Gasteiger charge is -2.10. The van der Waals surface area contributed by atoms with E-state index in [9.17, 15) is 9.18 Å². The van der Waals surface area contributed by atoms with Crippen molar-refractivity contribution in [2.75, 3.05) is 6.54 Å². The molecule has 4 heteroatoms. The average Bonchev–Trinajstić information content (AvgIpc) is 2.88. The van der Waals surface area contributed by atoms with Crippen LogP contribution in [0.4, 0.5) is 4.39 Å². The highest BCUT2D eigenvalue weighted by molar-refractivity contribution is 5.75. The summed E-state index contributed by atoms with van der Waals surface area (Å²) in [7, 11) is 0. The molecule has 0 spiro atoms. The van der Waals surface area contributed by atoms with Crippen molar-refractivity contribution >= 4 is 5.91 Å². The summed E-state index contributed by atoms with van der Waals surface area (Å²) in [6.45, 7) is 1.32. The topological polar surface area (TPSA) is 41.1 Å². The van der Waals surface area contributed by atoms with Gasteiger partial charge < -0.3 is 10.6 Å². The minimum absolute atomic E-state index is 0.00745. The van der Waals surface area contributed by atoms with Gasteiger partial charge in [-0.2, -0.15) is 0 Å². The van der Waals surface area contributed by atoms with E-state index in [4.69, 9.17) is 0 Å². The fourth-order valence-electron chi connectivity index (χ4n) is 2.23. The minimum atomic E-state index is -0.268. The number of hydrogen-bond acceptors (Lipinski definition) is 2. The second-order valence-corrected chi connectivity index (χ2v) is 4.70. The van der Waals surface area contributed by atoms with Gasteiger partial charge in [-0.1, -0.05) is 18.2 Å². The number of rotatable bonds is 5. The van der Waals surface area contributed by atoms with Crippen LogP contribution in [0.15, 0.2) is 24.3 Å². The van der Waals surface area contributed by atoms with Gasteiger partial charge in [-0.05, 0) is 31.9 Å². The molecule has 1 aliphatic heterocycles. The van der Waals surface area contributed by atoms with Gasteiger partial charge in [0, 0.05) is 24.6 Å². The smallest absolute Gasteiger partial charge is 0.220 e. The average molecular weight is 250 g/mol. The van der Waals surface area contributed by atoms with Crippen molar-refractivity contribution in [2.45, 2.75) is 38.3 Å². The fraction of sp³-hybridized carbons (Fsp3) is 0.500. The van der Waals surface area contributed by atoms with Crippen molar-refractivity contribution in [3.05, 3.63) is 35.6 Å². The zero-order chi connectivity index (χ0) is 12.8. The highest BCUT2D eigenvalue weighted by Gasteiger charge is 2.15. The van der Waals surface area contributed by atoms with Crippen LogP contribution in [0.25, 0.3) is 0 Å². The Morgan fingerprint density at radius 3 is 3.00 bits per heavy atom. The van der Waals surface area contributed by atoms with Crippen LogP contribution in [0.5, 0.6) is 0 Å². The number of carbonyl (C=O) groups excluding carboxylic acids is 1. The quantitative estimate of drug-likeness (QED) is 0.839. The molecule has 1 atom stereocenters. The van der Waals surface area contributed by atoms with E-state index in [0.717, 1.165) is 19.4 Å². The third-order valence-corrected chi connectivity index (χ3v) is 3.32. The number of amides is 1.